The van der Waals surface area contributed by atoms with Gasteiger partial charge in [-0.25, -0.2) is 18.5 Å². The fraction of sp³-hybridized carbons (Fsp3) is 0.286. The van der Waals surface area contributed by atoms with Crippen molar-refractivity contribution in [3.8, 4) is 16.8 Å². The number of rotatable bonds is 5. The van der Waals surface area contributed by atoms with Gasteiger partial charge in [-0.05, 0) is 30.9 Å². The van der Waals surface area contributed by atoms with Crippen molar-refractivity contribution >= 4 is 40.5 Å². The van der Waals surface area contributed by atoms with E-state index in [1.165, 1.54) is 18.1 Å². The summed E-state index contributed by atoms with van der Waals surface area (Å²) in [5.41, 5.74) is 0.552. The highest BCUT2D eigenvalue weighted by Gasteiger charge is 2.43. The fourth-order valence-electron chi connectivity index (χ4n) is 2.18. The maximum atomic E-state index is 12.7. The number of imidazole rings is 1. The molecule has 0 saturated heterocycles. The average molecular weight is 399 g/mol. The van der Waals surface area contributed by atoms with Crippen LogP contribution < -0.4 is 4.72 Å². The van der Waals surface area contributed by atoms with Gasteiger partial charge in [0.15, 0.2) is 15.7 Å². The van der Waals surface area contributed by atoms with Crippen molar-refractivity contribution in [3.63, 3.8) is 0 Å². The number of nitrogens with one attached hydrogen (secondary N) is 1. The van der Waals surface area contributed by atoms with Gasteiger partial charge in [0.2, 0.25) is 0 Å². The molecule has 6 nitrogen and oxygen atoms in total. The van der Waals surface area contributed by atoms with E-state index in [9.17, 15) is 8.78 Å². The smallest absolute Gasteiger partial charge is 0.291 e. The largest absolute Gasteiger partial charge is 0.295 e. The molecule has 128 valence electrons. The third-order valence-electron chi connectivity index (χ3n) is 3.71. The number of hydrogen-bond donors (Lipinski definition) is 1. The van der Waals surface area contributed by atoms with Crippen LogP contribution in [0.15, 0.2) is 23.4 Å². The van der Waals surface area contributed by atoms with Crippen LogP contribution >= 0.6 is 34.9 Å². The molecule has 1 aliphatic carbocycles. The average Bonchev–Trinajstić information content (AvgIpc) is 3.01. The van der Waals surface area contributed by atoms with Crippen molar-refractivity contribution in [2.75, 3.05) is 0 Å². The van der Waals surface area contributed by atoms with Gasteiger partial charge in [0.1, 0.15) is 11.2 Å². The molecule has 1 aliphatic rings. The Balaban J connectivity index is 1.69. The van der Waals surface area contributed by atoms with Crippen LogP contribution in [-0.4, -0.2) is 25.1 Å². The Bertz CT molecular complexity index is 991. The summed E-state index contributed by atoms with van der Waals surface area (Å²) in [5, 5.41) is 16.9. The van der Waals surface area contributed by atoms with Crippen molar-refractivity contribution < 1.29 is 8.78 Å². The second-order valence-corrected chi connectivity index (χ2v) is 7.80. The number of hydrogen-bond acceptors (Lipinski definition) is 7. The van der Waals surface area contributed by atoms with E-state index in [4.69, 9.17) is 16.9 Å². The van der Waals surface area contributed by atoms with Crippen molar-refractivity contribution in [3.05, 3.63) is 28.5 Å². The first-order valence-electron chi connectivity index (χ1n) is 7.15. The molecule has 0 radical (unpaired) electrons. The lowest BCUT2D eigenvalue weighted by Gasteiger charge is -2.09. The van der Waals surface area contributed by atoms with Crippen LogP contribution in [0.5, 0.6) is 0 Å². The molecule has 1 saturated carbocycles. The normalized spacial score (nSPS) is 15.6. The highest BCUT2D eigenvalue weighted by molar-refractivity contribution is 7.97. The van der Waals surface area contributed by atoms with Crippen LogP contribution in [0.25, 0.3) is 16.3 Å². The molecule has 0 spiro atoms. The monoisotopic (exact) mass is 398 g/mol. The summed E-state index contributed by atoms with van der Waals surface area (Å²) in [7, 11) is 0. The zero-order valence-corrected chi connectivity index (χ0v) is 14.8. The highest BCUT2D eigenvalue weighted by atomic mass is 35.5. The van der Waals surface area contributed by atoms with Crippen LogP contribution in [0.3, 0.4) is 0 Å². The van der Waals surface area contributed by atoms with Crippen molar-refractivity contribution in [1.82, 2.24) is 24.3 Å². The van der Waals surface area contributed by atoms with E-state index in [1.807, 2.05) is 0 Å². The van der Waals surface area contributed by atoms with E-state index < -0.39 is 12.0 Å². The molecular weight excluding hydrogens is 390 g/mol. The number of halogens is 3. The zero-order chi connectivity index (χ0) is 17.6. The quantitative estimate of drug-likeness (QED) is 0.652. The molecular formula is C14H9ClF2N6S2. The molecule has 0 aromatic carbocycles. The molecule has 0 atom stereocenters. The second kappa shape index (κ2) is 6.17. The van der Waals surface area contributed by atoms with Gasteiger partial charge in [0, 0.05) is 11.1 Å². The maximum absolute atomic E-state index is 12.7. The Hall–Kier alpha value is -1.80. The maximum Gasteiger partial charge on any atom is 0.291 e. The zero-order valence-electron chi connectivity index (χ0n) is 12.4. The number of pyridine rings is 1. The minimum absolute atomic E-state index is 0.338. The van der Waals surface area contributed by atoms with E-state index in [0.717, 1.165) is 29.1 Å². The number of fused-ring (bicyclic) bond motifs is 1. The minimum atomic E-state index is -2.66. The molecule has 11 heteroatoms. The molecule has 1 N–H and O–H groups in total. The number of nitriles is 1. The second-order valence-electron chi connectivity index (χ2n) is 5.50. The minimum Gasteiger partial charge on any atom is -0.295 e. The van der Waals surface area contributed by atoms with Gasteiger partial charge in [0.25, 0.3) is 6.43 Å². The molecule has 0 bridgehead atoms. The Morgan fingerprint density at radius 3 is 2.88 bits per heavy atom. The first kappa shape index (κ1) is 16.7. The van der Waals surface area contributed by atoms with Gasteiger partial charge in [-0.1, -0.05) is 22.9 Å². The highest BCUT2D eigenvalue weighted by Crippen LogP contribution is 2.38. The fourth-order valence-corrected chi connectivity index (χ4v) is 4.11. The number of aromatic nitrogens is 4. The first-order chi connectivity index (χ1) is 12.0. The molecule has 4 rings (SSSR count). The summed E-state index contributed by atoms with van der Waals surface area (Å²) in [5.74, 6) is 0. The molecule has 0 amide bonds. The van der Waals surface area contributed by atoms with Crippen LogP contribution in [0, 0.1) is 11.3 Å². The van der Waals surface area contributed by atoms with Crippen molar-refractivity contribution in [2.24, 2.45) is 0 Å². The lowest BCUT2D eigenvalue weighted by Crippen LogP contribution is -2.22. The Morgan fingerprint density at radius 2 is 2.24 bits per heavy atom. The number of nitrogens with zero attached hydrogens (tertiary/aromatic N) is 5. The Morgan fingerprint density at radius 1 is 1.44 bits per heavy atom. The number of alkyl halides is 2. The molecule has 1 fully saturated rings. The van der Waals surface area contributed by atoms with E-state index in [1.54, 1.807) is 16.7 Å². The lowest BCUT2D eigenvalue weighted by atomic mass is 10.3. The molecule has 25 heavy (non-hydrogen) atoms. The van der Waals surface area contributed by atoms with Gasteiger partial charge < -0.3 is 0 Å². The van der Waals surface area contributed by atoms with E-state index in [2.05, 4.69) is 26.0 Å². The summed E-state index contributed by atoms with van der Waals surface area (Å²) in [6.45, 7) is 0. The van der Waals surface area contributed by atoms with Gasteiger partial charge in [-0.3, -0.25) is 4.40 Å². The van der Waals surface area contributed by atoms with Gasteiger partial charge in [-0.15, -0.1) is 10.2 Å². The van der Waals surface area contributed by atoms with Crippen LogP contribution in [0.1, 0.15) is 24.3 Å². The standard InChI is InChI=1S/C14H9ClF2N6S2/c15-8-3-7(25-22-14(6-18)1-2-14)5-23-9(4-19-11(8)23)12-20-21-13(24-12)10(16)17/h3-5,10,22H,1-2H2. The topological polar surface area (TPSA) is 78.9 Å². The molecule has 0 aliphatic heterocycles. The first-order valence-corrected chi connectivity index (χ1v) is 9.16. The van der Waals surface area contributed by atoms with Gasteiger partial charge in [-0.2, -0.15) is 5.26 Å². The Kier molecular flexibility index (Phi) is 4.11. The molecule has 3 heterocycles. The summed E-state index contributed by atoms with van der Waals surface area (Å²) >= 11 is 8.39. The molecule has 3 aromatic rings. The van der Waals surface area contributed by atoms with E-state index >= 15 is 0 Å². The van der Waals surface area contributed by atoms with Crippen LogP contribution in [0.2, 0.25) is 5.02 Å². The van der Waals surface area contributed by atoms with Crippen molar-refractivity contribution in [2.45, 2.75) is 29.7 Å². The Labute approximate surface area is 154 Å². The van der Waals surface area contributed by atoms with Crippen LogP contribution in [-0.2, 0) is 0 Å². The summed E-state index contributed by atoms with van der Waals surface area (Å²) in [4.78, 5) is 5.00. The molecule has 3 aromatic heterocycles. The lowest BCUT2D eigenvalue weighted by molar-refractivity contribution is 0.150. The van der Waals surface area contributed by atoms with E-state index in [0.29, 0.717) is 21.4 Å². The summed E-state index contributed by atoms with van der Waals surface area (Å²) in [6.07, 6.45) is 2.26. The van der Waals surface area contributed by atoms with Gasteiger partial charge >= 0.3 is 0 Å². The van der Waals surface area contributed by atoms with Gasteiger partial charge in [0.05, 0.1) is 17.3 Å². The summed E-state index contributed by atoms with van der Waals surface area (Å²) in [6, 6.07) is 3.99. The third kappa shape index (κ3) is 3.08. The third-order valence-corrected chi connectivity index (χ3v) is 5.89. The SMILES string of the molecule is N#CC1(NSc2cc(Cl)c3ncc(-c4nnc(C(F)F)s4)n3c2)CC1. The van der Waals surface area contributed by atoms with E-state index in [-0.39, 0.29) is 5.01 Å². The van der Waals surface area contributed by atoms with Crippen molar-refractivity contribution in [1.29, 1.82) is 5.26 Å². The predicted octanol–water partition coefficient (Wildman–Crippen LogP) is 4.10. The predicted molar refractivity (Wildman–Crippen MR) is 90.6 cm³/mol. The van der Waals surface area contributed by atoms with Crippen LogP contribution in [0.4, 0.5) is 8.78 Å². The summed E-state index contributed by atoms with van der Waals surface area (Å²) < 4.78 is 30.3. The molecule has 0 unspecified atom stereocenters.